The number of carbonyl (C=O) groups is 1. The van der Waals surface area contributed by atoms with Gasteiger partial charge in [0.25, 0.3) is 0 Å². The fourth-order valence-electron chi connectivity index (χ4n) is 2.04. The van der Waals surface area contributed by atoms with E-state index in [1.165, 1.54) is 7.11 Å². The number of ether oxygens (including phenoxy) is 2. The molecule has 0 aliphatic carbocycles. The molecule has 4 heteroatoms. The van der Waals surface area contributed by atoms with Gasteiger partial charge in [0.05, 0.1) is 7.11 Å². The van der Waals surface area contributed by atoms with Crippen molar-refractivity contribution >= 4 is 5.97 Å². The van der Waals surface area contributed by atoms with Crippen molar-refractivity contribution in [2.75, 3.05) is 13.7 Å². The number of aliphatic hydroxyl groups excluding tert-OH is 1. The molecule has 0 aromatic heterocycles. The van der Waals surface area contributed by atoms with Gasteiger partial charge in [-0.3, -0.25) is 4.79 Å². The van der Waals surface area contributed by atoms with Crippen LogP contribution in [0.25, 0.3) is 0 Å². The van der Waals surface area contributed by atoms with Crippen LogP contribution in [0.2, 0.25) is 0 Å². The smallest absolute Gasteiger partial charge is 0.305 e. The molecule has 112 valence electrons. The lowest BCUT2D eigenvalue weighted by Gasteiger charge is -2.17. The van der Waals surface area contributed by atoms with E-state index in [2.05, 4.69) is 4.74 Å². The Morgan fingerprint density at radius 3 is 2.70 bits per heavy atom. The second-order valence-electron chi connectivity index (χ2n) is 4.82. The molecule has 0 aliphatic heterocycles. The fourth-order valence-corrected chi connectivity index (χ4v) is 2.04. The molecule has 1 N–H and O–H groups in total. The van der Waals surface area contributed by atoms with Crippen LogP contribution in [0, 0.1) is 6.92 Å². The number of hydrogen-bond acceptors (Lipinski definition) is 4. The summed E-state index contributed by atoms with van der Waals surface area (Å²) in [5.74, 6) is 0.614. The van der Waals surface area contributed by atoms with E-state index in [4.69, 9.17) is 9.84 Å². The van der Waals surface area contributed by atoms with Gasteiger partial charge in [-0.05, 0) is 43.0 Å². The summed E-state index contributed by atoms with van der Waals surface area (Å²) in [6.45, 7) is 4.18. The molecule has 0 saturated heterocycles. The first-order chi connectivity index (χ1) is 9.60. The molecule has 1 aromatic carbocycles. The lowest BCUT2D eigenvalue weighted by atomic mass is 10.0. The van der Waals surface area contributed by atoms with E-state index in [-0.39, 0.29) is 18.7 Å². The first-order valence-electron chi connectivity index (χ1n) is 7.04. The summed E-state index contributed by atoms with van der Waals surface area (Å²) in [5.41, 5.74) is 2.23. The Bertz CT molecular complexity index is 428. The highest BCUT2D eigenvalue weighted by Crippen LogP contribution is 2.21. The minimum absolute atomic E-state index is 0.0420. The van der Waals surface area contributed by atoms with Gasteiger partial charge in [-0.15, -0.1) is 0 Å². The second-order valence-corrected chi connectivity index (χ2v) is 4.82. The molecule has 0 amide bonds. The van der Waals surface area contributed by atoms with Crippen LogP contribution in [0.5, 0.6) is 5.75 Å². The summed E-state index contributed by atoms with van der Waals surface area (Å²) in [4.78, 5) is 11.1. The largest absolute Gasteiger partial charge is 0.490 e. The van der Waals surface area contributed by atoms with Gasteiger partial charge in [0.15, 0.2) is 0 Å². The molecule has 1 rings (SSSR count). The zero-order chi connectivity index (χ0) is 15.0. The normalized spacial score (nSPS) is 12.0. The number of aliphatic hydroxyl groups is 1. The quantitative estimate of drug-likeness (QED) is 0.744. The Morgan fingerprint density at radius 2 is 2.15 bits per heavy atom. The summed E-state index contributed by atoms with van der Waals surface area (Å²) in [6.07, 6.45) is 2.61. The Balaban J connectivity index is 2.65. The maximum atomic E-state index is 11.1. The zero-order valence-corrected chi connectivity index (χ0v) is 12.5. The minimum Gasteiger partial charge on any atom is -0.490 e. The predicted molar refractivity (Wildman–Crippen MR) is 77.9 cm³/mol. The molecule has 0 bridgehead atoms. The monoisotopic (exact) mass is 280 g/mol. The Kier molecular flexibility index (Phi) is 7.09. The van der Waals surface area contributed by atoms with Gasteiger partial charge >= 0.3 is 5.97 Å². The number of hydrogen-bond donors (Lipinski definition) is 1. The van der Waals surface area contributed by atoms with Crippen LogP contribution in [-0.2, 0) is 16.0 Å². The average Bonchev–Trinajstić information content (AvgIpc) is 2.45. The standard InChI is InChI=1S/C16H24O4/c1-4-14(9-10-17)20-15-7-5-13(12(2)11-15)6-8-16(18)19-3/h5,7,11,14,17H,4,6,8-10H2,1-3H3. The third kappa shape index (κ3) is 5.21. The molecular formula is C16H24O4. The van der Waals surface area contributed by atoms with Crippen molar-refractivity contribution in [3.8, 4) is 5.75 Å². The van der Waals surface area contributed by atoms with Crippen LogP contribution in [-0.4, -0.2) is 30.9 Å². The molecule has 0 heterocycles. The molecule has 0 fully saturated rings. The number of esters is 1. The highest BCUT2D eigenvalue weighted by molar-refractivity contribution is 5.69. The Morgan fingerprint density at radius 1 is 1.40 bits per heavy atom. The lowest BCUT2D eigenvalue weighted by molar-refractivity contribution is -0.140. The van der Waals surface area contributed by atoms with Gasteiger partial charge in [0.1, 0.15) is 11.9 Å². The summed E-state index contributed by atoms with van der Waals surface area (Å²) < 4.78 is 10.5. The summed E-state index contributed by atoms with van der Waals surface area (Å²) >= 11 is 0. The van der Waals surface area contributed by atoms with Crippen molar-refractivity contribution in [2.45, 2.75) is 45.6 Å². The topological polar surface area (TPSA) is 55.8 Å². The molecule has 1 unspecified atom stereocenters. The van der Waals surface area contributed by atoms with Crippen LogP contribution >= 0.6 is 0 Å². The number of aryl methyl sites for hydroxylation is 2. The molecule has 0 radical (unpaired) electrons. The fraction of sp³-hybridized carbons (Fsp3) is 0.562. The van der Waals surface area contributed by atoms with Crippen LogP contribution in [0.15, 0.2) is 18.2 Å². The van der Waals surface area contributed by atoms with Crippen molar-refractivity contribution < 1.29 is 19.4 Å². The van der Waals surface area contributed by atoms with Gasteiger partial charge in [0, 0.05) is 19.4 Å². The van der Waals surface area contributed by atoms with Crippen LogP contribution in [0.3, 0.4) is 0 Å². The zero-order valence-electron chi connectivity index (χ0n) is 12.5. The van der Waals surface area contributed by atoms with Gasteiger partial charge in [-0.2, -0.15) is 0 Å². The van der Waals surface area contributed by atoms with Crippen LogP contribution < -0.4 is 4.74 Å². The summed E-state index contributed by atoms with van der Waals surface area (Å²) in [7, 11) is 1.40. The van der Waals surface area contributed by atoms with E-state index in [1.807, 2.05) is 32.0 Å². The molecule has 0 spiro atoms. The number of rotatable bonds is 8. The highest BCUT2D eigenvalue weighted by atomic mass is 16.5. The maximum absolute atomic E-state index is 11.1. The van der Waals surface area contributed by atoms with Crippen molar-refractivity contribution in [3.63, 3.8) is 0 Å². The van der Waals surface area contributed by atoms with Gasteiger partial charge < -0.3 is 14.6 Å². The molecule has 0 aliphatic rings. The van der Waals surface area contributed by atoms with Crippen molar-refractivity contribution in [3.05, 3.63) is 29.3 Å². The Hall–Kier alpha value is -1.55. The molecule has 0 saturated carbocycles. The lowest BCUT2D eigenvalue weighted by Crippen LogP contribution is -2.17. The third-order valence-corrected chi connectivity index (χ3v) is 3.35. The van der Waals surface area contributed by atoms with Crippen molar-refractivity contribution in [1.82, 2.24) is 0 Å². The minimum atomic E-state index is -0.196. The molecule has 4 nitrogen and oxygen atoms in total. The predicted octanol–water partition coefficient (Wildman–Crippen LogP) is 2.64. The van der Waals surface area contributed by atoms with Crippen molar-refractivity contribution in [2.24, 2.45) is 0 Å². The average molecular weight is 280 g/mol. The summed E-state index contributed by atoms with van der Waals surface area (Å²) in [6, 6.07) is 5.88. The molecular weight excluding hydrogens is 256 g/mol. The first kappa shape index (κ1) is 16.5. The van der Waals surface area contributed by atoms with E-state index in [0.29, 0.717) is 19.3 Å². The molecule has 20 heavy (non-hydrogen) atoms. The SMILES string of the molecule is CCC(CCO)Oc1ccc(CCC(=O)OC)c(C)c1. The van der Waals surface area contributed by atoms with E-state index in [0.717, 1.165) is 23.3 Å². The number of benzene rings is 1. The highest BCUT2D eigenvalue weighted by Gasteiger charge is 2.09. The van der Waals surface area contributed by atoms with E-state index < -0.39 is 0 Å². The summed E-state index contributed by atoms with van der Waals surface area (Å²) in [5, 5.41) is 8.97. The maximum Gasteiger partial charge on any atom is 0.305 e. The number of carbonyl (C=O) groups excluding carboxylic acids is 1. The van der Waals surface area contributed by atoms with E-state index >= 15 is 0 Å². The molecule has 1 aromatic rings. The van der Waals surface area contributed by atoms with Crippen LogP contribution in [0.1, 0.15) is 37.3 Å². The van der Waals surface area contributed by atoms with Crippen molar-refractivity contribution in [1.29, 1.82) is 0 Å². The first-order valence-corrected chi connectivity index (χ1v) is 7.04. The third-order valence-electron chi connectivity index (χ3n) is 3.35. The molecule has 1 atom stereocenters. The Labute approximate surface area is 120 Å². The van der Waals surface area contributed by atoms with E-state index in [9.17, 15) is 4.79 Å². The van der Waals surface area contributed by atoms with Gasteiger partial charge in [-0.25, -0.2) is 0 Å². The van der Waals surface area contributed by atoms with Gasteiger partial charge in [0.2, 0.25) is 0 Å². The van der Waals surface area contributed by atoms with E-state index in [1.54, 1.807) is 0 Å². The van der Waals surface area contributed by atoms with Gasteiger partial charge in [-0.1, -0.05) is 13.0 Å². The number of methoxy groups -OCH3 is 1. The second kappa shape index (κ2) is 8.59. The van der Waals surface area contributed by atoms with Crippen LogP contribution in [0.4, 0.5) is 0 Å².